The fourth-order valence-corrected chi connectivity index (χ4v) is 0.934. The fraction of sp³-hybridized carbons (Fsp3) is 0.143. The molecule has 0 fully saturated rings. The molecule has 64 valence electrons. The maximum atomic E-state index is 10.8. The molecular weight excluding hydrogens is 196 g/mol. The number of nitrogens with zero attached hydrogens (tertiary/aromatic N) is 1. The van der Waals surface area contributed by atoms with Crippen LogP contribution in [0, 0.1) is 0 Å². The Morgan fingerprint density at radius 1 is 1.67 bits per heavy atom. The van der Waals surface area contributed by atoms with E-state index in [0.29, 0.717) is 10.7 Å². The van der Waals surface area contributed by atoms with Gasteiger partial charge in [0.25, 0.3) is 0 Å². The molecule has 0 aliphatic carbocycles. The molecular formula is C7H7ClN2OS. The predicted octanol–water partition coefficient (Wildman–Crippen LogP) is 1.60. The van der Waals surface area contributed by atoms with Crippen molar-refractivity contribution in [3.05, 3.63) is 23.5 Å². The summed E-state index contributed by atoms with van der Waals surface area (Å²) in [6.07, 6.45) is 3.02. The number of pyridine rings is 1. The number of carbonyl (C=O) groups excluding carboxylic acids is 1. The number of halogens is 1. The standard InChI is InChI=1S/C7H7ClN2OS/c8-5-1-6(3-9-2-5)10-7(11)4-12/h1-3,12H,4H2,(H,10,11). The van der Waals surface area contributed by atoms with Crippen molar-refractivity contribution in [2.45, 2.75) is 0 Å². The van der Waals surface area contributed by atoms with Crippen LogP contribution in [0.1, 0.15) is 0 Å². The number of hydrogen-bond donors (Lipinski definition) is 2. The summed E-state index contributed by atoms with van der Waals surface area (Å²) in [6.45, 7) is 0. The van der Waals surface area contributed by atoms with Crippen molar-refractivity contribution >= 4 is 35.8 Å². The summed E-state index contributed by atoms with van der Waals surface area (Å²) >= 11 is 9.44. The van der Waals surface area contributed by atoms with Crippen molar-refractivity contribution in [2.75, 3.05) is 11.1 Å². The zero-order valence-corrected chi connectivity index (χ0v) is 7.77. The van der Waals surface area contributed by atoms with E-state index in [1.54, 1.807) is 6.07 Å². The van der Waals surface area contributed by atoms with Crippen LogP contribution >= 0.6 is 24.2 Å². The summed E-state index contributed by atoms with van der Waals surface area (Å²) in [5, 5.41) is 3.06. The summed E-state index contributed by atoms with van der Waals surface area (Å²) in [4.78, 5) is 14.6. The number of rotatable bonds is 2. The van der Waals surface area contributed by atoms with Crippen molar-refractivity contribution in [2.24, 2.45) is 0 Å². The molecule has 0 saturated carbocycles. The molecule has 1 amide bonds. The molecule has 0 unspecified atom stereocenters. The van der Waals surface area contributed by atoms with Crippen LogP contribution in [0.3, 0.4) is 0 Å². The van der Waals surface area contributed by atoms with Crippen LogP contribution in [-0.2, 0) is 4.79 Å². The number of aromatic nitrogens is 1. The molecule has 0 aliphatic rings. The lowest BCUT2D eigenvalue weighted by atomic mass is 10.4. The van der Waals surface area contributed by atoms with Crippen molar-refractivity contribution in [3.8, 4) is 0 Å². The molecule has 0 saturated heterocycles. The van der Waals surface area contributed by atoms with Crippen LogP contribution in [-0.4, -0.2) is 16.6 Å². The Bertz CT molecular complexity index is 292. The third-order valence-electron chi connectivity index (χ3n) is 1.13. The lowest BCUT2D eigenvalue weighted by Crippen LogP contribution is -2.12. The Labute approximate surface area is 80.6 Å². The lowest BCUT2D eigenvalue weighted by molar-refractivity contribution is -0.113. The number of nitrogens with one attached hydrogen (secondary N) is 1. The lowest BCUT2D eigenvalue weighted by Gasteiger charge is -2.01. The van der Waals surface area contributed by atoms with Crippen LogP contribution in [0.5, 0.6) is 0 Å². The molecule has 1 rings (SSSR count). The van der Waals surface area contributed by atoms with Crippen LogP contribution in [0.25, 0.3) is 0 Å². The highest BCUT2D eigenvalue weighted by molar-refractivity contribution is 7.81. The SMILES string of the molecule is O=C(CS)Nc1cncc(Cl)c1. The molecule has 1 N–H and O–H groups in total. The average molecular weight is 203 g/mol. The van der Waals surface area contributed by atoms with Gasteiger partial charge in [-0.2, -0.15) is 12.6 Å². The quantitative estimate of drug-likeness (QED) is 0.716. The van der Waals surface area contributed by atoms with E-state index in [2.05, 4.69) is 22.9 Å². The first-order valence-corrected chi connectivity index (χ1v) is 4.24. The van der Waals surface area contributed by atoms with Crippen molar-refractivity contribution in [3.63, 3.8) is 0 Å². The number of carbonyl (C=O) groups is 1. The second-order valence-electron chi connectivity index (χ2n) is 2.10. The highest BCUT2D eigenvalue weighted by Gasteiger charge is 1.99. The molecule has 5 heteroatoms. The van der Waals surface area contributed by atoms with Gasteiger partial charge in [0.2, 0.25) is 5.91 Å². The minimum atomic E-state index is -0.178. The van der Waals surface area contributed by atoms with E-state index in [-0.39, 0.29) is 11.7 Å². The Hall–Kier alpha value is -0.740. The second kappa shape index (κ2) is 4.33. The third kappa shape index (κ3) is 2.71. The Balaban J connectivity index is 2.69. The molecule has 1 heterocycles. The molecule has 0 spiro atoms. The maximum Gasteiger partial charge on any atom is 0.234 e. The molecule has 1 aromatic rings. The largest absolute Gasteiger partial charge is 0.324 e. The Morgan fingerprint density at radius 2 is 2.42 bits per heavy atom. The van der Waals surface area contributed by atoms with Gasteiger partial charge in [0.1, 0.15) is 0 Å². The Morgan fingerprint density at radius 3 is 3.00 bits per heavy atom. The van der Waals surface area contributed by atoms with Gasteiger partial charge in [-0.15, -0.1) is 0 Å². The van der Waals surface area contributed by atoms with E-state index in [1.807, 2.05) is 0 Å². The van der Waals surface area contributed by atoms with Crippen molar-refractivity contribution in [1.82, 2.24) is 4.98 Å². The van der Waals surface area contributed by atoms with Gasteiger partial charge in [-0.1, -0.05) is 11.6 Å². The summed E-state index contributed by atoms with van der Waals surface area (Å²) in [7, 11) is 0. The minimum absolute atomic E-state index is 0.145. The zero-order valence-electron chi connectivity index (χ0n) is 6.12. The molecule has 0 atom stereocenters. The van der Waals surface area contributed by atoms with E-state index < -0.39 is 0 Å². The summed E-state index contributed by atoms with van der Waals surface area (Å²) < 4.78 is 0. The van der Waals surface area contributed by atoms with Gasteiger partial charge < -0.3 is 5.32 Å². The van der Waals surface area contributed by atoms with Crippen molar-refractivity contribution in [1.29, 1.82) is 0 Å². The number of anilines is 1. The molecule has 12 heavy (non-hydrogen) atoms. The molecule has 0 radical (unpaired) electrons. The van der Waals surface area contributed by atoms with E-state index >= 15 is 0 Å². The van der Waals surface area contributed by atoms with Gasteiger partial charge in [-0.25, -0.2) is 0 Å². The van der Waals surface area contributed by atoms with Crippen LogP contribution in [0.4, 0.5) is 5.69 Å². The third-order valence-corrected chi connectivity index (χ3v) is 1.63. The highest BCUT2D eigenvalue weighted by Crippen LogP contribution is 2.12. The first kappa shape index (κ1) is 9.35. The normalized spacial score (nSPS) is 9.50. The highest BCUT2D eigenvalue weighted by atomic mass is 35.5. The monoisotopic (exact) mass is 202 g/mol. The van der Waals surface area contributed by atoms with Gasteiger partial charge in [-0.3, -0.25) is 9.78 Å². The van der Waals surface area contributed by atoms with Crippen LogP contribution < -0.4 is 5.32 Å². The van der Waals surface area contributed by atoms with E-state index in [4.69, 9.17) is 11.6 Å². The molecule has 3 nitrogen and oxygen atoms in total. The molecule has 0 aliphatic heterocycles. The smallest absolute Gasteiger partial charge is 0.234 e. The van der Waals surface area contributed by atoms with Crippen molar-refractivity contribution < 1.29 is 4.79 Å². The number of thiol groups is 1. The maximum absolute atomic E-state index is 10.8. The van der Waals surface area contributed by atoms with Crippen LogP contribution in [0.2, 0.25) is 5.02 Å². The number of amides is 1. The summed E-state index contributed by atoms with van der Waals surface area (Å²) in [5.74, 6) is -0.0330. The van der Waals surface area contributed by atoms with Gasteiger partial charge >= 0.3 is 0 Å². The number of hydrogen-bond acceptors (Lipinski definition) is 3. The molecule has 0 aromatic carbocycles. The molecule has 1 aromatic heterocycles. The predicted molar refractivity (Wildman–Crippen MR) is 51.7 cm³/mol. The van der Waals surface area contributed by atoms with Gasteiger partial charge in [-0.05, 0) is 6.07 Å². The topological polar surface area (TPSA) is 42.0 Å². The second-order valence-corrected chi connectivity index (χ2v) is 2.85. The summed E-state index contributed by atoms with van der Waals surface area (Å²) in [5.41, 5.74) is 0.585. The summed E-state index contributed by atoms with van der Waals surface area (Å²) in [6, 6.07) is 1.62. The van der Waals surface area contributed by atoms with E-state index in [0.717, 1.165) is 0 Å². The van der Waals surface area contributed by atoms with E-state index in [1.165, 1.54) is 12.4 Å². The van der Waals surface area contributed by atoms with Gasteiger partial charge in [0.15, 0.2) is 0 Å². The van der Waals surface area contributed by atoms with E-state index in [9.17, 15) is 4.79 Å². The van der Waals surface area contributed by atoms with Gasteiger partial charge in [0, 0.05) is 6.20 Å². The zero-order chi connectivity index (χ0) is 8.97. The van der Waals surface area contributed by atoms with Crippen LogP contribution in [0.15, 0.2) is 18.5 Å². The first-order valence-electron chi connectivity index (χ1n) is 3.23. The first-order chi connectivity index (χ1) is 5.72. The molecule has 0 bridgehead atoms. The minimum Gasteiger partial charge on any atom is -0.324 e. The van der Waals surface area contributed by atoms with Gasteiger partial charge in [0.05, 0.1) is 22.7 Å². The average Bonchev–Trinajstić information content (AvgIpc) is 2.04. The fourth-order valence-electron chi connectivity index (χ4n) is 0.681. The Kier molecular flexibility index (Phi) is 3.37.